The predicted octanol–water partition coefficient (Wildman–Crippen LogP) is 6.14. The van der Waals surface area contributed by atoms with Gasteiger partial charge in [-0.2, -0.15) is 0 Å². The van der Waals surface area contributed by atoms with E-state index in [1.54, 1.807) is 48.5 Å². The van der Waals surface area contributed by atoms with Crippen LogP contribution in [0.3, 0.4) is 0 Å². The molecule has 0 saturated carbocycles. The largest absolute Gasteiger partial charge is 0.379 e. The van der Waals surface area contributed by atoms with Gasteiger partial charge in [0.25, 0.3) is 5.91 Å². The van der Waals surface area contributed by atoms with Gasteiger partial charge in [-0.25, -0.2) is 13.1 Å². The summed E-state index contributed by atoms with van der Waals surface area (Å²) in [5.74, 6) is -0.336. The molecule has 3 aromatic carbocycles. The minimum atomic E-state index is -3.77. The molecule has 13 nitrogen and oxygen atoms in total. The molecule has 1 aliphatic heterocycles. The van der Waals surface area contributed by atoms with Crippen LogP contribution in [0, 0.1) is 0 Å². The number of unbranched alkanes of at least 4 members (excludes halogenated alkanes) is 1. The molecule has 0 radical (unpaired) electrons. The first-order chi connectivity index (χ1) is 28.6. The second-order valence-corrected chi connectivity index (χ2v) is 16.7. The summed E-state index contributed by atoms with van der Waals surface area (Å²) in [6.07, 6.45) is 3.13. The molecule has 1 atom stereocenters. The number of nitrogens with zero attached hydrogens (tertiary/aromatic N) is 1. The summed E-state index contributed by atoms with van der Waals surface area (Å²) in [5, 5.41) is 3.96. The van der Waals surface area contributed by atoms with E-state index < -0.39 is 10.0 Å². The first-order valence-electron chi connectivity index (χ1n) is 20.2. The van der Waals surface area contributed by atoms with Crippen molar-refractivity contribution in [2.75, 3.05) is 106 Å². The number of benzene rings is 3. The number of rotatable bonds is 30. The molecule has 59 heavy (non-hydrogen) atoms. The smallest absolute Gasteiger partial charge is 0.251 e. The second-order valence-electron chi connectivity index (χ2n) is 14.1. The zero-order valence-corrected chi connectivity index (χ0v) is 36.5. The third kappa shape index (κ3) is 17.5. The van der Waals surface area contributed by atoms with Gasteiger partial charge in [-0.1, -0.05) is 60.8 Å². The van der Waals surface area contributed by atoms with Crippen LogP contribution in [0.25, 0.3) is 0 Å². The molecule has 0 bridgehead atoms. The number of carbonyl (C=O) groups excluding carboxylic acids is 2. The van der Waals surface area contributed by atoms with E-state index in [0.29, 0.717) is 113 Å². The van der Waals surface area contributed by atoms with Crippen molar-refractivity contribution in [3.8, 4) is 0 Å². The molecular formula is C43H59Cl2N3O10S. The van der Waals surface area contributed by atoms with Crippen molar-refractivity contribution in [1.82, 2.24) is 14.9 Å². The lowest BCUT2D eigenvalue weighted by Gasteiger charge is -2.33. The van der Waals surface area contributed by atoms with Gasteiger partial charge in [0.15, 0.2) is 5.78 Å². The Morgan fingerprint density at radius 2 is 1.31 bits per heavy atom. The number of carbonyl (C=O) groups is 2. The van der Waals surface area contributed by atoms with Gasteiger partial charge >= 0.3 is 0 Å². The first-order valence-corrected chi connectivity index (χ1v) is 22.5. The fourth-order valence-electron chi connectivity index (χ4n) is 6.32. The number of Topliss-reactive ketones (excluding diaryl/α,β-unsaturated/α-hetero) is 1. The maximum atomic E-state index is 13.1. The predicted molar refractivity (Wildman–Crippen MR) is 228 cm³/mol. The molecule has 0 aromatic heterocycles. The van der Waals surface area contributed by atoms with Crippen LogP contribution in [0.4, 0.5) is 0 Å². The van der Waals surface area contributed by atoms with Crippen molar-refractivity contribution >= 4 is 44.9 Å². The van der Waals surface area contributed by atoms with Crippen LogP contribution in [-0.4, -0.2) is 131 Å². The minimum Gasteiger partial charge on any atom is -0.379 e. The van der Waals surface area contributed by atoms with Gasteiger partial charge in [0.05, 0.1) is 71.0 Å². The molecule has 326 valence electrons. The molecule has 4 rings (SSSR count). The Labute approximate surface area is 359 Å². The fraction of sp³-hybridized carbons (Fsp3) is 0.535. The van der Waals surface area contributed by atoms with Gasteiger partial charge in [-0.3, -0.25) is 9.59 Å². The first kappa shape index (κ1) is 48.7. The van der Waals surface area contributed by atoms with Gasteiger partial charge in [0.1, 0.15) is 0 Å². The number of ether oxygens (including phenoxy) is 6. The molecule has 0 saturated heterocycles. The lowest BCUT2D eigenvalue weighted by atomic mass is 9.85. The summed E-state index contributed by atoms with van der Waals surface area (Å²) in [6, 6.07) is 17.2. The monoisotopic (exact) mass is 879 g/mol. The normalized spacial score (nSPS) is 14.3. The average molecular weight is 881 g/mol. The number of fused-ring (bicyclic) bond motifs is 1. The number of sulfonamides is 1. The van der Waals surface area contributed by atoms with E-state index in [2.05, 4.69) is 21.9 Å². The Morgan fingerprint density at radius 3 is 1.95 bits per heavy atom. The lowest BCUT2D eigenvalue weighted by Crippen LogP contribution is -2.31. The molecule has 1 heterocycles. The highest BCUT2D eigenvalue weighted by atomic mass is 35.5. The number of nitrogens with one attached hydrogen (secondary N) is 2. The van der Waals surface area contributed by atoms with Crippen LogP contribution >= 0.6 is 23.2 Å². The van der Waals surface area contributed by atoms with E-state index in [0.717, 1.165) is 36.1 Å². The zero-order valence-electron chi connectivity index (χ0n) is 34.2. The van der Waals surface area contributed by atoms with E-state index in [-0.39, 0.29) is 42.3 Å². The van der Waals surface area contributed by atoms with Crippen molar-refractivity contribution in [3.05, 3.63) is 98.5 Å². The summed E-state index contributed by atoms with van der Waals surface area (Å²) in [4.78, 5) is 27.4. The molecule has 1 aliphatic rings. The summed E-state index contributed by atoms with van der Waals surface area (Å²) in [6.45, 7) is 9.04. The van der Waals surface area contributed by atoms with E-state index in [9.17, 15) is 18.0 Å². The standard InChI is InChI=1S/C43H59Cl2N3O10S/c1-3-4-16-53-20-24-57-25-21-54-17-6-9-42(49)33-10-12-34(13-11-33)43(50)46-14-18-55-22-26-58-27-23-56-19-15-47-59(51,52)37-8-5-7-35(28-37)39-31-48(2)32-40-38(39)29-36(44)30-41(40)45/h5,7-8,10-13,28-30,39,47H,3-4,6,9,14-27,31-32H2,1-2H3,(H,46,50). The lowest BCUT2D eigenvalue weighted by molar-refractivity contribution is 0.0135. The third-order valence-electron chi connectivity index (χ3n) is 9.43. The highest BCUT2D eigenvalue weighted by molar-refractivity contribution is 7.89. The van der Waals surface area contributed by atoms with Gasteiger partial charge < -0.3 is 38.6 Å². The van der Waals surface area contributed by atoms with Crippen LogP contribution in [0.2, 0.25) is 10.0 Å². The zero-order chi connectivity index (χ0) is 42.3. The van der Waals surface area contributed by atoms with Crippen molar-refractivity contribution in [1.29, 1.82) is 0 Å². The highest BCUT2D eigenvalue weighted by Gasteiger charge is 2.28. The number of ketones is 1. The Hall–Kier alpha value is -2.99. The molecule has 16 heteroatoms. The summed E-state index contributed by atoms with van der Waals surface area (Å²) in [5.41, 5.74) is 3.88. The molecule has 0 spiro atoms. The Kier molecular flexibility index (Phi) is 22.3. The van der Waals surface area contributed by atoms with Crippen LogP contribution in [0.1, 0.15) is 75.9 Å². The Balaban J connectivity index is 0.987. The van der Waals surface area contributed by atoms with E-state index >= 15 is 0 Å². The van der Waals surface area contributed by atoms with Crippen molar-refractivity contribution < 1.29 is 46.4 Å². The van der Waals surface area contributed by atoms with Crippen molar-refractivity contribution in [2.24, 2.45) is 0 Å². The van der Waals surface area contributed by atoms with Crippen molar-refractivity contribution in [2.45, 2.75) is 50.0 Å². The molecule has 2 N–H and O–H groups in total. The Morgan fingerprint density at radius 1 is 0.729 bits per heavy atom. The molecule has 1 amide bonds. The summed E-state index contributed by atoms with van der Waals surface area (Å²) >= 11 is 12.8. The number of halogens is 2. The molecule has 0 fully saturated rings. The van der Waals surface area contributed by atoms with Crippen LogP contribution in [0.15, 0.2) is 65.6 Å². The second kappa shape index (κ2) is 27.1. The van der Waals surface area contributed by atoms with Gasteiger partial charge in [-0.05, 0) is 73.0 Å². The van der Waals surface area contributed by atoms with Gasteiger partial charge in [0.2, 0.25) is 10.0 Å². The van der Waals surface area contributed by atoms with E-state index in [1.807, 2.05) is 19.2 Å². The quantitative estimate of drug-likeness (QED) is 0.0587. The topological polar surface area (TPSA) is 151 Å². The number of likely N-dealkylation sites (N-methyl/N-ethyl adjacent to an activating group) is 1. The SMILES string of the molecule is CCCCOCCOCCOCCCC(=O)c1ccc(C(=O)NCCOCCOCCOCCNS(=O)(=O)c2cccc(C3CN(C)Cc4c(Cl)cc(Cl)cc43)c2)cc1. The molecule has 0 aliphatic carbocycles. The van der Waals surface area contributed by atoms with Crippen LogP contribution in [0.5, 0.6) is 0 Å². The average Bonchev–Trinajstić information content (AvgIpc) is 3.23. The Bertz CT molecular complexity index is 1830. The number of hydrogen-bond acceptors (Lipinski definition) is 11. The van der Waals surface area contributed by atoms with E-state index in [4.69, 9.17) is 51.6 Å². The third-order valence-corrected chi connectivity index (χ3v) is 11.4. The highest BCUT2D eigenvalue weighted by Crippen LogP contribution is 2.38. The molecule has 3 aromatic rings. The number of amides is 1. The maximum Gasteiger partial charge on any atom is 0.251 e. The molecular weight excluding hydrogens is 821 g/mol. The number of hydrogen-bond donors (Lipinski definition) is 2. The van der Waals surface area contributed by atoms with Crippen LogP contribution in [-0.2, 0) is 45.0 Å². The molecule has 1 unspecified atom stereocenters. The maximum absolute atomic E-state index is 13.1. The van der Waals surface area contributed by atoms with E-state index in [1.165, 1.54) is 0 Å². The fourth-order valence-corrected chi connectivity index (χ4v) is 7.95. The summed E-state index contributed by atoms with van der Waals surface area (Å²) in [7, 11) is -1.76. The van der Waals surface area contributed by atoms with Gasteiger partial charge in [0, 0.05) is 72.9 Å². The summed E-state index contributed by atoms with van der Waals surface area (Å²) < 4.78 is 61.8. The van der Waals surface area contributed by atoms with Gasteiger partial charge in [-0.15, -0.1) is 0 Å². The van der Waals surface area contributed by atoms with Crippen molar-refractivity contribution in [3.63, 3.8) is 0 Å². The minimum absolute atomic E-state index is 0.00222. The van der Waals surface area contributed by atoms with Crippen LogP contribution < -0.4 is 10.0 Å².